The van der Waals surface area contributed by atoms with Gasteiger partial charge < -0.3 is 16.2 Å². The Balaban J connectivity index is 4.11. The maximum Gasteiger partial charge on any atom is 0.321 e. The van der Waals surface area contributed by atoms with Crippen molar-refractivity contribution in [2.75, 3.05) is 5.75 Å². The van der Waals surface area contributed by atoms with Crippen LogP contribution >= 0.6 is 11.8 Å². The molecule has 0 radical (unpaired) electrons. The van der Waals surface area contributed by atoms with Gasteiger partial charge in [-0.25, -0.2) is 0 Å². The van der Waals surface area contributed by atoms with Crippen molar-refractivity contribution in [1.82, 2.24) is 5.32 Å². The molecule has 0 spiro atoms. The van der Waals surface area contributed by atoms with Gasteiger partial charge in [-0.3, -0.25) is 9.59 Å². The maximum atomic E-state index is 11.8. The van der Waals surface area contributed by atoms with Crippen molar-refractivity contribution in [3.8, 4) is 0 Å². The first-order valence-electron chi connectivity index (χ1n) is 5.61. The molecule has 0 rings (SSSR count). The van der Waals surface area contributed by atoms with Gasteiger partial charge in [-0.2, -0.15) is 0 Å². The summed E-state index contributed by atoms with van der Waals surface area (Å²) >= 11 is 1.25. The van der Waals surface area contributed by atoms with E-state index in [9.17, 15) is 9.59 Å². The number of amides is 1. The summed E-state index contributed by atoms with van der Waals surface area (Å²) < 4.78 is 0. The molecule has 0 aromatic heterocycles. The lowest BCUT2D eigenvalue weighted by Gasteiger charge is -2.26. The molecular weight excluding hydrogens is 240 g/mol. The Hall–Kier alpha value is -0.750. The molecule has 100 valence electrons. The average molecular weight is 262 g/mol. The van der Waals surface area contributed by atoms with Crippen molar-refractivity contribution in [3.63, 3.8) is 0 Å². The Bertz CT molecular complexity index is 282. The van der Waals surface area contributed by atoms with Gasteiger partial charge in [-0.1, -0.05) is 6.92 Å². The molecule has 0 aliphatic carbocycles. The van der Waals surface area contributed by atoms with E-state index in [0.717, 1.165) is 6.42 Å². The molecule has 5 nitrogen and oxygen atoms in total. The fourth-order valence-corrected chi connectivity index (χ4v) is 1.77. The van der Waals surface area contributed by atoms with Gasteiger partial charge in [0.05, 0.1) is 5.25 Å². The number of carboxylic acids is 1. The fourth-order valence-electron chi connectivity index (χ4n) is 0.919. The predicted molar refractivity (Wildman–Crippen MR) is 70.0 cm³/mol. The summed E-state index contributed by atoms with van der Waals surface area (Å²) in [5, 5.41) is 11.2. The zero-order chi connectivity index (χ0) is 13.6. The largest absolute Gasteiger partial charge is 0.480 e. The van der Waals surface area contributed by atoms with Gasteiger partial charge in [0.1, 0.15) is 6.04 Å². The second-order valence-corrected chi connectivity index (χ2v) is 6.02. The molecule has 0 saturated heterocycles. The normalized spacial score (nSPS) is 15.1. The highest BCUT2D eigenvalue weighted by molar-refractivity contribution is 8.00. The van der Waals surface area contributed by atoms with Crippen molar-refractivity contribution in [2.24, 2.45) is 5.73 Å². The van der Waals surface area contributed by atoms with E-state index in [1.807, 2.05) is 20.8 Å². The molecule has 0 bridgehead atoms. The molecule has 2 atom stereocenters. The van der Waals surface area contributed by atoms with Gasteiger partial charge in [0.2, 0.25) is 5.91 Å². The van der Waals surface area contributed by atoms with Crippen molar-refractivity contribution in [1.29, 1.82) is 0 Å². The van der Waals surface area contributed by atoms with Crippen LogP contribution in [0.25, 0.3) is 0 Å². The molecule has 0 heterocycles. The van der Waals surface area contributed by atoms with Crippen molar-refractivity contribution >= 4 is 23.6 Å². The van der Waals surface area contributed by atoms with Gasteiger partial charge in [0.25, 0.3) is 0 Å². The first-order chi connectivity index (χ1) is 7.69. The lowest BCUT2D eigenvalue weighted by atomic mass is 10.0. The topological polar surface area (TPSA) is 92.4 Å². The van der Waals surface area contributed by atoms with Crippen LogP contribution in [-0.4, -0.2) is 39.6 Å². The van der Waals surface area contributed by atoms with Crippen LogP contribution in [0.5, 0.6) is 0 Å². The standard InChI is InChI=1S/C11H22N2O3S/c1-5-11(3,4)13-9(14)7(2)17-6-8(12)10(15)16/h7-8H,5-6,12H2,1-4H3,(H,13,14)(H,15,16). The van der Waals surface area contributed by atoms with E-state index >= 15 is 0 Å². The van der Waals surface area contributed by atoms with E-state index < -0.39 is 12.0 Å². The molecule has 0 fully saturated rings. The summed E-state index contributed by atoms with van der Waals surface area (Å²) in [7, 11) is 0. The third-order valence-corrected chi connectivity index (χ3v) is 3.82. The number of aliphatic carboxylic acids is 1. The highest BCUT2D eigenvalue weighted by Crippen LogP contribution is 2.14. The number of nitrogens with one attached hydrogen (secondary N) is 1. The summed E-state index contributed by atoms with van der Waals surface area (Å²) in [5.74, 6) is -0.894. The quantitative estimate of drug-likeness (QED) is 0.632. The Morgan fingerprint density at radius 3 is 2.41 bits per heavy atom. The van der Waals surface area contributed by atoms with E-state index in [2.05, 4.69) is 5.32 Å². The van der Waals surface area contributed by atoms with Crippen molar-refractivity contribution in [2.45, 2.75) is 50.9 Å². The first kappa shape index (κ1) is 16.2. The van der Waals surface area contributed by atoms with Gasteiger partial charge in [0.15, 0.2) is 0 Å². The summed E-state index contributed by atoms with van der Waals surface area (Å²) in [6.45, 7) is 7.65. The second kappa shape index (κ2) is 6.86. The number of rotatable bonds is 7. The van der Waals surface area contributed by atoms with E-state index in [4.69, 9.17) is 10.8 Å². The number of carbonyl (C=O) groups is 2. The monoisotopic (exact) mass is 262 g/mol. The number of carboxylic acid groups (broad SMARTS) is 1. The Morgan fingerprint density at radius 2 is 2.00 bits per heavy atom. The van der Waals surface area contributed by atoms with Crippen LogP contribution in [0.15, 0.2) is 0 Å². The Morgan fingerprint density at radius 1 is 1.47 bits per heavy atom. The van der Waals surface area contributed by atoms with Crippen LogP contribution in [-0.2, 0) is 9.59 Å². The lowest BCUT2D eigenvalue weighted by Crippen LogP contribution is -2.46. The second-order valence-electron chi connectivity index (χ2n) is 4.65. The van der Waals surface area contributed by atoms with Gasteiger partial charge >= 0.3 is 5.97 Å². The van der Waals surface area contributed by atoms with Crippen LogP contribution in [0.1, 0.15) is 34.1 Å². The molecule has 0 aromatic carbocycles. The minimum absolute atomic E-state index is 0.0839. The van der Waals surface area contributed by atoms with Gasteiger partial charge in [-0.05, 0) is 27.2 Å². The van der Waals surface area contributed by atoms with Crippen LogP contribution in [0.3, 0.4) is 0 Å². The molecule has 0 aliphatic heterocycles. The number of hydrogen-bond acceptors (Lipinski definition) is 4. The molecule has 17 heavy (non-hydrogen) atoms. The number of hydrogen-bond donors (Lipinski definition) is 3. The van der Waals surface area contributed by atoms with E-state index in [1.54, 1.807) is 6.92 Å². The third kappa shape index (κ3) is 6.53. The summed E-state index contributed by atoms with van der Waals surface area (Å²) in [4.78, 5) is 22.3. The summed E-state index contributed by atoms with van der Waals surface area (Å²) in [6.07, 6.45) is 0.838. The molecule has 0 aromatic rings. The molecular formula is C11H22N2O3S. The number of thioether (sulfide) groups is 1. The van der Waals surface area contributed by atoms with Crippen LogP contribution < -0.4 is 11.1 Å². The van der Waals surface area contributed by atoms with Crippen molar-refractivity contribution < 1.29 is 14.7 Å². The highest BCUT2D eigenvalue weighted by atomic mass is 32.2. The van der Waals surface area contributed by atoms with Crippen molar-refractivity contribution in [3.05, 3.63) is 0 Å². The number of nitrogens with two attached hydrogens (primary N) is 1. The fraction of sp³-hybridized carbons (Fsp3) is 0.818. The SMILES string of the molecule is CCC(C)(C)NC(=O)C(C)SCC(N)C(=O)O. The van der Waals surface area contributed by atoms with Crippen LogP contribution in [0.2, 0.25) is 0 Å². The zero-order valence-corrected chi connectivity index (χ0v) is 11.6. The lowest BCUT2D eigenvalue weighted by molar-refractivity contribution is -0.138. The molecule has 6 heteroatoms. The van der Waals surface area contributed by atoms with E-state index in [1.165, 1.54) is 11.8 Å². The van der Waals surface area contributed by atoms with E-state index in [-0.39, 0.29) is 22.4 Å². The summed E-state index contributed by atoms with van der Waals surface area (Å²) in [6, 6.07) is -0.922. The third-order valence-electron chi connectivity index (χ3n) is 2.56. The molecule has 0 aliphatic rings. The average Bonchev–Trinajstić information content (AvgIpc) is 2.24. The smallest absolute Gasteiger partial charge is 0.321 e. The summed E-state index contributed by atoms with van der Waals surface area (Å²) in [5.41, 5.74) is 5.13. The van der Waals surface area contributed by atoms with E-state index in [0.29, 0.717) is 0 Å². The van der Waals surface area contributed by atoms with Gasteiger partial charge in [0, 0.05) is 11.3 Å². The molecule has 4 N–H and O–H groups in total. The van der Waals surface area contributed by atoms with Gasteiger partial charge in [-0.15, -0.1) is 11.8 Å². The Labute approximate surface area is 107 Å². The van der Waals surface area contributed by atoms with Crippen LogP contribution in [0.4, 0.5) is 0 Å². The molecule has 0 saturated carbocycles. The minimum Gasteiger partial charge on any atom is -0.480 e. The molecule has 2 unspecified atom stereocenters. The minimum atomic E-state index is -1.04. The highest BCUT2D eigenvalue weighted by Gasteiger charge is 2.23. The number of carbonyl (C=O) groups excluding carboxylic acids is 1. The Kier molecular flexibility index (Phi) is 6.56. The zero-order valence-electron chi connectivity index (χ0n) is 10.8. The first-order valence-corrected chi connectivity index (χ1v) is 6.66. The van der Waals surface area contributed by atoms with Crippen LogP contribution in [0, 0.1) is 0 Å². The maximum absolute atomic E-state index is 11.8. The molecule has 1 amide bonds. The predicted octanol–water partition coefficient (Wildman–Crippen LogP) is 0.825.